The van der Waals surface area contributed by atoms with Crippen LogP contribution in [0.3, 0.4) is 0 Å². The molecule has 1 aliphatic carbocycles. The van der Waals surface area contributed by atoms with Crippen molar-refractivity contribution in [2.24, 2.45) is 0 Å². The molecule has 380 valence electrons. The number of nitrogens with one attached hydrogen (secondary N) is 2. The third-order valence-electron chi connectivity index (χ3n) is 13.1. The van der Waals surface area contributed by atoms with Crippen LogP contribution in [0.2, 0.25) is 0 Å². The van der Waals surface area contributed by atoms with Crippen LogP contribution in [0, 0.1) is 0 Å². The Balaban J connectivity index is 1.03. The summed E-state index contributed by atoms with van der Waals surface area (Å²) in [5, 5.41) is 2.40. The minimum absolute atomic E-state index is 0.0298. The number of amides is 2. The maximum Gasteiger partial charge on any atom is 0.271 e. The van der Waals surface area contributed by atoms with E-state index < -0.39 is 45.1 Å². The zero-order chi connectivity index (χ0) is 52.3. The predicted octanol–water partition coefficient (Wildman–Crippen LogP) is 8.59. The summed E-state index contributed by atoms with van der Waals surface area (Å²) in [6, 6.07) is 43.7. The fourth-order valence-corrected chi connectivity index (χ4v) is 12.3. The van der Waals surface area contributed by atoms with Crippen LogP contribution in [-0.4, -0.2) is 84.3 Å². The van der Waals surface area contributed by atoms with Gasteiger partial charge >= 0.3 is 0 Å². The van der Waals surface area contributed by atoms with Gasteiger partial charge in [-0.15, -0.1) is 0 Å². The third-order valence-corrected chi connectivity index (χ3v) is 16.0. The van der Waals surface area contributed by atoms with E-state index >= 15 is 0 Å². The first-order valence-electron chi connectivity index (χ1n) is 23.8. The lowest BCUT2D eigenvalue weighted by atomic mass is 9.91. The summed E-state index contributed by atoms with van der Waals surface area (Å²) in [5.74, 6) is 0.295. The van der Waals surface area contributed by atoms with E-state index in [0.29, 0.717) is 59.5 Å². The zero-order valence-corrected chi connectivity index (χ0v) is 43.5. The zero-order valence-electron chi connectivity index (χ0n) is 41.9. The first-order chi connectivity index (χ1) is 35.6. The van der Waals surface area contributed by atoms with Crippen molar-refractivity contribution in [3.8, 4) is 23.0 Å². The molecule has 0 aromatic heterocycles. The molecule has 74 heavy (non-hydrogen) atoms. The molecule has 9 rings (SSSR count). The highest BCUT2D eigenvalue weighted by Gasteiger charge is 2.26. The molecule has 8 aromatic carbocycles. The Morgan fingerprint density at radius 3 is 0.973 bits per heavy atom. The topological polar surface area (TPSA) is 170 Å². The van der Waals surface area contributed by atoms with Gasteiger partial charge in [-0.05, 0) is 68.8 Å². The van der Waals surface area contributed by atoms with Gasteiger partial charge in [0.2, 0.25) is 0 Å². The number of sulfonamides is 2. The summed E-state index contributed by atoms with van der Waals surface area (Å²) in [5.41, 5.74) is 7.73. The lowest BCUT2D eigenvalue weighted by molar-refractivity contribution is -0.122. The molecule has 0 aliphatic heterocycles. The lowest BCUT2D eigenvalue weighted by Gasteiger charge is -2.22. The van der Waals surface area contributed by atoms with Gasteiger partial charge in [0.1, 0.15) is 23.0 Å². The van der Waals surface area contributed by atoms with E-state index in [2.05, 4.69) is 9.44 Å². The summed E-state index contributed by atoms with van der Waals surface area (Å²) in [6.07, 6.45) is 1.19. The minimum atomic E-state index is -4.33. The Bertz CT molecular complexity index is 3380. The highest BCUT2D eigenvalue weighted by molar-refractivity contribution is 7.90. The summed E-state index contributed by atoms with van der Waals surface area (Å²) >= 11 is 0. The van der Waals surface area contributed by atoms with Crippen LogP contribution in [0.5, 0.6) is 23.0 Å². The second-order valence-electron chi connectivity index (χ2n) is 18.4. The van der Waals surface area contributed by atoms with Gasteiger partial charge in [-0.3, -0.25) is 9.59 Å². The molecule has 0 saturated heterocycles. The van der Waals surface area contributed by atoms with E-state index in [1.54, 1.807) is 50.6 Å². The number of benzene rings is 8. The van der Waals surface area contributed by atoms with Crippen LogP contribution in [0.25, 0.3) is 21.5 Å². The van der Waals surface area contributed by atoms with Crippen LogP contribution in [0.1, 0.15) is 44.5 Å². The quantitative estimate of drug-likeness (QED) is 0.107. The number of methoxy groups -OCH3 is 2. The maximum absolute atomic E-state index is 13.9. The van der Waals surface area contributed by atoms with E-state index in [-0.39, 0.29) is 9.79 Å². The summed E-state index contributed by atoms with van der Waals surface area (Å²) in [7, 11) is 2.03. The van der Waals surface area contributed by atoms with E-state index in [4.69, 9.17) is 18.9 Å². The molecule has 8 aromatic rings. The first kappa shape index (κ1) is 50.8. The van der Waals surface area contributed by atoms with E-state index in [0.717, 1.165) is 66.7 Å². The standard InChI is InChI=1S/C58H56N4O10S2/c1-61(2)49-27-11-25-47-45(49)23-13-29-51(47)73(65,66)59-53(63)35-71-57-41-19-9-20-42(57)32-38-16-8-18-40(56(38)70-6)34-44-22-10-21-43(33-39-17-7-15-37(31-41)55(39)69-5)58(44)72-36-54(64)60-74(67,68)52-30-14-24-46-48(52)26-12-28-50(46)62(3)4/h7-30H,31-36H2,1-6H3,(H,59,63)(H,60,64). The van der Waals surface area contributed by atoms with Gasteiger partial charge in [0.25, 0.3) is 31.9 Å². The number of fused-ring (bicyclic) bond motifs is 10. The number of carbonyl (C=O) groups is 2. The monoisotopic (exact) mass is 1030 g/mol. The number of ether oxygens (including phenoxy) is 4. The average molecular weight is 1030 g/mol. The van der Waals surface area contributed by atoms with Gasteiger partial charge in [0.15, 0.2) is 13.2 Å². The number of carbonyl (C=O) groups excluding carboxylic acids is 2. The lowest BCUT2D eigenvalue weighted by Crippen LogP contribution is -2.34. The van der Waals surface area contributed by atoms with Gasteiger partial charge in [-0.25, -0.2) is 26.3 Å². The molecule has 0 heterocycles. The Labute approximate surface area is 431 Å². The van der Waals surface area contributed by atoms with Crippen molar-refractivity contribution in [1.82, 2.24) is 9.44 Å². The number of nitrogens with zero attached hydrogens (tertiary/aromatic N) is 2. The van der Waals surface area contributed by atoms with Gasteiger partial charge in [-0.1, -0.05) is 121 Å². The molecule has 2 amide bonds. The molecule has 0 fully saturated rings. The normalized spacial score (nSPS) is 12.4. The van der Waals surface area contributed by atoms with E-state index in [1.165, 1.54) is 12.1 Å². The Hall–Kier alpha value is -8.08. The Morgan fingerprint density at radius 2 is 0.676 bits per heavy atom. The van der Waals surface area contributed by atoms with Gasteiger partial charge in [0, 0.05) is 86.8 Å². The molecular weight excluding hydrogens is 977 g/mol. The molecule has 0 saturated carbocycles. The predicted molar refractivity (Wildman–Crippen MR) is 288 cm³/mol. The van der Waals surface area contributed by atoms with Crippen molar-refractivity contribution < 1.29 is 45.4 Å². The molecule has 0 spiro atoms. The second kappa shape index (κ2) is 21.2. The van der Waals surface area contributed by atoms with Gasteiger partial charge in [-0.2, -0.15) is 0 Å². The van der Waals surface area contributed by atoms with Crippen LogP contribution in [-0.2, 0) is 55.3 Å². The molecule has 16 heteroatoms. The molecule has 0 atom stereocenters. The van der Waals surface area contributed by atoms with Crippen LogP contribution >= 0.6 is 0 Å². The van der Waals surface area contributed by atoms with Crippen molar-refractivity contribution in [3.05, 3.63) is 190 Å². The van der Waals surface area contributed by atoms with Crippen molar-refractivity contribution in [2.45, 2.75) is 35.5 Å². The second-order valence-corrected chi connectivity index (χ2v) is 21.7. The molecule has 2 N–H and O–H groups in total. The van der Waals surface area contributed by atoms with Gasteiger partial charge in [0.05, 0.1) is 24.0 Å². The average Bonchev–Trinajstić information content (AvgIpc) is 3.37. The first-order valence-corrected chi connectivity index (χ1v) is 26.8. The van der Waals surface area contributed by atoms with Crippen LogP contribution in [0.4, 0.5) is 11.4 Å². The van der Waals surface area contributed by atoms with Crippen molar-refractivity contribution >= 4 is 64.8 Å². The Morgan fingerprint density at radius 1 is 0.405 bits per heavy atom. The summed E-state index contributed by atoms with van der Waals surface area (Å²) in [6.45, 7) is -1.21. The molecule has 1 aliphatic rings. The molecule has 14 nitrogen and oxygen atoms in total. The molecule has 0 radical (unpaired) electrons. The van der Waals surface area contributed by atoms with Gasteiger partial charge < -0.3 is 28.7 Å². The number of anilines is 2. The Kier molecular flexibility index (Phi) is 14.5. The fourth-order valence-electron chi connectivity index (χ4n) is 9.90. The summed E-state index contributed by atoms with van der Waals surface area (Å²) in [4.78, 5) is 31.2. The molecule has 8 bridgehead atoms. The number of hydrogen-bond donors (Lipinski definition) is 2. The smallest absolute Gasteiger partial charge is 0.271 e. The summed E-state index contributed by atoms with van der Waals surface area (Å²) < 4.78 is 85.1. The van der Waals surface area contributed by atoms with Crippen LogP contribution < -0.4 is 38.2 Å². The SMILES string of the molecule is COc1c2cccc1Cc1cccc(c1OCC(=O)NS(=O)(=O)c1cccc3c(N(C)C)cccc13)Cc1cccc(c1OC)Cc1cccc(c1OCC(=O)NS(=O)(=O)c1cccc3c(N(C)C)cccc13)C2. The van der Waals surface area contributed by atoms with Crippen molar-refractivity contribution in [1.29, 1.82) is 0 Å². The van der Waals surface area contributed by atoms with Crippen molar-refractivity contribution in [3.63, 3.8) is 0 Å². The third kappa shape index (κ3) is 10.4. The van der Waals surface area contributed by atoms with E-state index in [9.17, 15) is 26.4 Å². The largest absolute Gasteiger partial charge is 0.496 e. The maximum atomic E-state index is 13.9. The van der Waals surface area contributed by atoms with Crippen LogP contribution in [0.15, 0.2) is 155 Å². The minimum Gasteiger partial charge on any atom is -0.496 e. The fraction of sp³-hybridized carbons (Fsp3) is 0.207. The highest BCUT2D eigenvalue weighted by atomic mass is 32.2. The number of hydrogen-bond acceptors (Lipinski definition) is 12. The van der Waals surface area contributed by atoms with E-state index in [1.807, 2.05) is 135 Å². The highest BCUT2D eigenvalue weighted by Crippen LogP contribution is 2.39. The van der Waals surface area contributed by atoms with Crippen molar-refractivity contribution in [2.75, 3.05) is 65.4 Å². The molecular formula is C58H56N4O10S2. The number of rotatable bonds is 14. The number of para-hydroxylation sites is 4. The molecule has 0 unspecified atom stereocenters.